The van der Waals surface area contributed by atoms with Gasteiger partial charge in [-0.15, -0.1) is 0 Å². The molecule has 3 rings (SSSR count). The number of anilines is 1. The highest BCUT2D eigenvalue weighted by molar-refractivity contribution is 5.94. The Hall–Kier alpha value is -2.71. The molecule has 1 aliphatic rings. The van der Waals surface area contributed by atoms with Crippen molar-refractivity contribution in [2.45, 2.75) is 19.0 Å². The number of carbonyl (C=O) groups excluding carboxylic acids is 2. The van der Waals surface area contributed by atoms with Crippen LogP contribution in [0.2, 0.25) is 0 Å². The van der Waals surface area contributed by atoms with Gasteiger partial charge in [0.25, 0.3) is 0 Å². The average Bonchev–Trinajstić information content (AvgIpc) is 3.10. The van der Waals surface area contributed by atoms with E-state index < -0.39 is 6.04 Å². The van der Waals surface area contributed by atoms with Gasteiger partial charge in [-0.05, 0) is 12.0 Å². The SMILES string of the molecule is N[C@@H](Cc1ccccc1)C(=O)Nc1cnn(CC(=O)N2CCOCC2)c1. The van der Waals surface area contributed by atoms with Crippen LogP contribution in [0.4, 0.5) is 5.69 Å². The fourth-order valence-electron chi connectivity index (χ4n) is 2.76. The van der Waals surface area contributed by atoms with Crippen molar-refractivity contribution in [1.82, 2.24) is 14.7 Å². The number of hydrogen-bond acceptors (Lipinski definition) is 5. The highest BCUT2D eigenvalue weighted by atomic mass is 16.5. The summed E-state index contributed by atoms with van der Waals surface area (Å²) in [5.74, 6) is -0.303. The van der Waals surface area contributed by atoms with Crippen molar-refractivity contribution in [3.63, 3.8) is 0 Å². The molecule has 2 aromatic rings. The molecule has 1 aliphatic heterocycles. The van der Waals surface area contributed by atoms with E-state index in [0.29, 0.717) is 38.4 Å². The van der Waals surface area contributed by atoms with Crippen LogP contribution in [0.5, 0.6) is 0 Å². The molecule has 8 nitrogen and oxygen atoms in total. The Balaban J connectivity index is 1.51. The van der Waals surface area contributed by atoms with Gasteiger partial charge in [0.1, 0.15) is 6.54 Å². The maximum atomic E-state index is 12.2. The quantitative estimate of drug-likeness (QED) is 0.772. The van der Waals surface area contributed by atoms with E-state index in [0.717, 1.165) is 5.56 Å². The highest BCUT2D eigenvalue weighted by Crippen LogP contribution is 2.08. The molecule has 26 heavy (non-hydrogen) atoms. The number of nitrogens with one attached hydrogen (secondary N) is 1. The Morgan fingerprint density at radius 1 is 1.23 bits per heavy atom. The topological polar surface area (TPSA) is 102 Å². The average molecular weight is 357 g/mol. The lowest BCUT2D eigenvalue weighted by molar-refractivity contribution is -0.136. The van der Waals surface area contributed by atoms with Crippen LogP contribution in [-0.2, 0) is 27.3 Å². The third-order valence-corrected chi connectivity index (χ3v) is 4.20. The molecular weight excluding hydrogens is 334 g/mol. The van der Waals surface area contributed by atoms with Gasteiger partial charge in [0.2, 0.25) is 11.8 Å². The summed E-state index contributed by atoms with van der Waals surface area (Å²) in [6.45, 7) is 2.44. The lowest BCUT2D eigenvalue weighted by atomic mass is 10.1. The van der Waals surface area contributed by atoms with Crippen molar-refractivity contribution in [1.29, 1.82) is 0 Å². The second kappa shape index (κ2) is 8.59. The van der Waals surface area contributed by atoms with E-state index in [2.05, 4.69) is 10.4 Å². The van der Waals surface area contributed by atoms with Gasteiger partial charge < -0.3 is 20.7 Å². The smallest absolute Gasteiger partial charge is 0.244 e. The zero-order chi connectivity index (χ0) is 18.4. The molecule has 0 bridgehead atoms. The number of amides is 2. The fraction of sp³-hybridized carbons (Fsp3) is 0.389. The summed E-state index contributed by atoms with van der Waals surface area (Å²) in [4.78, 5) is 26.2. The van der Waals surface area contributed by atoms with Crippen molar-refractivity contribution in [3.05, 3.63) is 48.3 Å². The van der Waals surface area contributed by atoms with Crippen LogP contribution < -0.4 is 11.1 Å². The Morgan fingerprint density at radius 3 is 2.69 bits per heavy atom. The molecule has 1 aromatic heterocycles. The van der Waals surface area contributed by atoms with Gasteiger partial charge in [-0.25, -0.2) is 0 Å². The zero-order valence-corrected chi connectivity index (χ0v) is 14.5. The first kappa shape index (κ1) is 18.1. The minimum atomic E-state index is -0.657. The summed E-state index contributed by atoms with van der Waals surface area (Å²) in [7, 11) is 0. The Labute approximate surface area is 151 Å². The van der Waals surface area contributed by atoms with Gasteiger partial charge in [-0.3, -0.25) is 14.3 Å². The lowest BCUT2D eigenvalue weighted by Crippen LogP contribution is -2.42. The zero-order valence-electron chi connectivity index (χ0n) is 14.5. The van der Waals surface area contributed by atoms with Gasteiger partial charge in [-0.1, -0.05) is 30.3 Å². The molecule has 1 atom stereocenters. The number of rotatable bonds is 6. The van der Waals surface area contributed by atoms with E-state index in [1.54, 1.807) is 11.1 Å². The van der Waals surface area contributed by atoms with E-state index in [9.17, 15) is 9.59 Å². The molecule has 8 heteroatoms. The molecule has 3 N–H and O–H groups in total. The van der Waals surface area contributed by atoms with E-state index in [4.69, 9.17) is 10.5 Å². The van der Waals surface area contributed by atoms with Crippen LogP contribution >= 0.6 is 0 Å². The molecule has 0 radical (unpaired) electrons. The number of morpholine rings is 1. The maximum Gasteiger partial charge on any atom is 0.244 e. The Kier molecular flexibility index (Phi) is 5.98. The molecule has 0 unspecified atom stereocenters. The van der Waals surface area contributed by atoms with Gasteiger partial charge in [0, 0.05) is 19.3 Å². The molecule has 1 aromatic carbocycles. The first-order chi connectivity index (χ1) is 12.6. The summed E-state index contributed by atoms with van der Waals surface area (Å²) < 4.78 is 6.75. The second-order valence-corrected chi connectivity index (χ2v) is 6.21. The maximum absolute atomic E-state index is 12.2. The van der Waals surface area contributed by atoms with Gasteiger partial charge in [0.05, 0.1) is 31.1 Å². The number of aromatic nitrogens is 2. The monoisotopic (exact) mass is 357 g/mol. The van der Waals surface area contributed by atoms with E-state index in [1.807, 2.05) is 30.3 Å². The van der Waals surface area contributed by atoms with Crippen LogP contribution in [0.3, 0.4) is 0 Å². The van der Waals surface area contributed by atoms with E-state index in [-0.39, 0.29) is 18.4 Å². The molecule has 2 amide bonds. The normalized spacial score (nSPS) is 15.5. The van der Waals surface area contributed by atoms with E-state index >= 15 is 0 Å². The summed E-state index contributed by atoms with van der Waals surface area (Å²) in [5, 5.41) is 6.87. The van der Waals surface area contributed by atoms with Gasteiger partial charge in [-0.2, -0.15) is 5.10 Å². The van der Waals surface area contributed by atoms with Crippen LogP contribution in [0.1, 0.15) is 5.56 Å². The molecule has 138 valence electrons. The van der Waals surface area contributed by atoms with Crippen molar-refractivity contribution in [2.24, 2.45) is 5.73 Å². The number of carbonyl (C=O) groups is 2. The summed E-state index contributed by atoms with van der Waals surface area (Å²) in [6.07, 6.45) is 3.60. The standard InChI is InChI=1S/C18H23N5O3/c19-16(10-14-4-2-1-3-5-14)18(25)21-15-11-20-23(12-15)13-17(24)22-6-8-26-9-7-22/h1-5,11-12,16H,6-10,13,19H2,(H,21,25)/t16-/m0/s1. The predicted octanol–water partition coefficient (Wildman–Crippen LogP) is 0.250. The molecular formula is C18H23N5O3. The van der Waals surface area contributed by atoms with Gasteiger partial charge >= 0.3 is 0 Å². The largest absolute Gasteiger partial charge is 0.378 e. The number of benzene rings is 1. The molecule has 1 saturated heterocycles. The minimum absolute atomic E-state index is 0.0185. The summed E-state index contributed by atoms with van der Waals surface area (Å²) in [5.41, 5.74) is 7.49. The van der Waals surface area contributed by atoms with Crippen LogP contribution in [-0.4, -0.2) is 58.8 Å². The Bertz CT molecular complexity index is 740. The van der Waals surface area contributed by atoms with Crippen LogP contribution in [0.25, 0.3) is 0 Å². The highest BCUT2D eigenvalue weighted by Gasteiger charge is 2.18. The van der Waals surface area contributed by atoms with Crippen molar-refractivity contribution in [2.75, 3.05) is 31.6 Å². The minimum Gasteiger partial charge on any atom is -0.378 e. The van der Waals surface area contributed by atoms with Crippen molar-refractivity contribution in [3.8, 4) is 0 Å². The second-order valence-electron chi connectivity index (χ2n) is 6.21. The third-order valence-electron chi connectivity index (χ3n) is 4.20. The van der Waals surface area contributed by atoms with Crippen LogP contribution in [0.15, 0.2) is 42.7 Å². The summed E-state index contributed by atoms with van der Waals surface area (Å²) >= 11 is 0. The number of nitrogens with two attached hydrogens (primary N) is 1. The van der Waals surface area contributed by atoms with E-state index in [1.165, 1.54) is 10.9 Å². The summed E-state index contributed by atoms with van der Waals surface area (Å²) in [6, 6.07) is 8.95. The number of hydrogen-bond donors (Lipinski definition) is 2. The van der Waals surface area contributed by atoms with Crippen molar-refractivity contribution >= 4 is 17.5 Å². The predicted molar refractivity (Wildman–Crippen MR) is 96.4 cm³/mol. The Morgan fingerprint density at radius 2 is 1.96 bits per heavy atom. The fourth-order valence-corrected chi connectivity index (χ4v) is 2.76. The molecule has 0 aliphatic carbocycles. The molecule has 0 spiro atoms. The number of nitrogens with zero attached hydrogens (tertiary/aromatic N) is 3. The lowest BCUT2D eigenvalue weighted by Gasteiger charge is -2.26. The first-order valence-corrected chi connectivity index (χ1v) is 8.60. The van der Waals surface area contributed by atoms with Crippen molar-refractivity contribution < 1.29 is 14.3 Å². The van der Waals surface area contributed by atoms with Crippen LogP contribution in [0, 0.1) is 0 Å². The molecule has 0 saturated carbocycles. The number of ether oxygens (including phenoxy) is 1. The third kappa shape index (κ3) is 4.90. The molecule has 2 heterocycles. The van der Waals surface area contributed by atoms with Gasteiger partial charge in [0.15, 0.2) is 0 Å². The molecule has 1 fully saturated rings. The first-order valence-electron chi connectivity index (χ1n) is 8.60.